The van der Waals surface area contributed by atoms with Crippen molar-refractivity contribution in [3.63, 3.8) is 0 Å². The molecule has 2 N–H and O–H groups in total. The second-order valence-electron chi connectivity index (χ2n) is 4.95. The topological polar surface area (TPSA) is 58.6 Å². The van der Waals surface area contributed by atoms with Crippen LogP contribution in [-0.2, 0) is 11.2 Å². The van der Waals surface area contributed by atoms with Crippen LogP contribution in [0.2, 0.25) is 0 Å². The standard InChI is InChI=1S/C13H18BrNO3/c1-13(2,3)18-12(17)15-11-7-9(4-5-16)6-10(14)8-11/h6-8,16H,4-5H2,1-3H3,(H,15,17). The van der Waals surface area contributed by atoms with E-state index in [1.807, 2.05) is 32.9 Å². The summed E-state index contributed by atoms with van der Waals surface area (Å²) in [6.45, 7) is 5.50. The molecule has 0 aliphatic carbocycles. The highest BCUT2D eigenvalue weighted by Crippen LogP contribution is 2.20. The minimum absolute atomic E-state index is 0.0718. The molecule has 0 spiro atoms. The van der Waals surface area contributed by atoms with Gasteiger partial charge in [0.25, 0.3) is 0 Å². The maximum atomic E-state index is 11.6. The molecular weight excluding hydrogens is 298 g/mol. The Morgan fingerprint density at radius 1 is 1.39 bits per heavy atom. The Labute approximate surface area is 115 Å². The number of carbonyl (C=O) groups is 1. The van der Waals surface area contributed by atoms with E-state index in [0.29, 0.717) is 12.1 Å². The third kappa shape index (κ3) is 5.51. The third-order valence-electron chi connectivity index (χ3n) is 2.00. The lowest BCUT2D eigenvalue weighted by Crippen LogP contribution is -2.27. The zero-order chi connectivity index (χ0) is 13.8. The predicted molar refractivity (Wildman–Crippen MR) is 74.8 cm³/mol. The van der Waals surface area contributed by atoms with Crippen LogP contribution in [0.15, 0.2) is 22.7 Å². The Balaban J connectivity index is 2.75. The lowest BCUT2D eigenvalue weighted by atomic mass is 10.1. The maximum absolute atomic E-state index is 11.6. The monoisotopic (exact) mass is 315 g/mol. The van der Waals surface area contributed by atoms with Gasteiger partial charge in [0.2, 0.25) is 0 Å². The predicted octanol–water partition coefficient (Wildman–Crippen LogP) is 3.33. The zero-order valence-electron chi connectivity index (χ0n) is 10.8. The number of hydrogen-bond acceptors (Lipinski definition) is 3. The largest absolute Gasteiger partial charge is 0.444 e. The van der Waals surface area contributed by atoms with Gasteiger partial charge in [0.15, 0.2) is 0 Å². The van der Waals surface area contributed by atoms with Crippen LogP contribution in [0.4, 0.5) is 10.5 Å². The Morgan fingerprint density at radius 3 is 2.61 bits per heavy atom. The number of carbonyl (C=O) groups excluding carboxylic acids is 1. The molecule has 18 heavy (non-hydrogen) atoms. The molecule has 1 rings (SSSR count). The van der Waals surface area contributed by atoms with Crippen molar-refractivity contribution < 1.29 is 14.6 Å². The fourth-order valence-electron chi connectivity index (χ4n) is 1.42. The molecule has 0 aliphatic rings. The van der Waals surface area contributed by atoms with E-state index in [-0.39, 0.29) is 6.61 Å². The molecule has 1 aromatic carbocycles. The fourth-order valence-corrected chi connectivity index (χ4v) is 1.96. The summed E-state index contributed by atoms with van der Waals surface area (Å²) in [6.07, 6.45) is 0.0539. The Bertz CT molecular complexity index is 427. The molecule has 1 amide bonds. The van der Waals surface area contributed by atoms with Crippen LogP contribution in [0.1, 0.15) is 26.3 Å². The molecule has 0 radical (unpaired) electrons. The molecule has 0 saturated carbocycles. The van der Waals surface area contributed by atoms with Gasteiger partial charge >= 0.3 is 6.09 Å². The first kappa shape index (κ1) is 15.0. The molecular formula is C13H18BrNO3. The first-order valence-corrected chi connectivity index (χ1v) is 6.50. The summed E-state index contributed by atoms with van der Waals surface area (Å²) in [5, 5.41) is 11.6. The van der Waals surface area contributed by atoms with E-state index >= 15 is 0 Å². The highest BCUT2D eigenvalue weighted by atomic mass is 79.9. The quantitative estimate of drug-likeness (QED) is 0.899. The SMILES string of the molecule is CC(C)(C)OC(=O)Nc1cc(Br)cc(CCO)c1. The summed E-state index contributed by atoms with van der Waals surface area (Å²) in [5.41, 5.74) is 1.06. The van der Waals surface area contributed by atoms with Gasteiger partial charge < -0.3 is 9.84 Å². The number of ether oxygens (including phenoxy) is 1. The van der Waals surface area contributed by atoms with Gasteiger partial charge in [0, 0.05) is 16.8 Å². The number of hydrogen-bond donors (Lipinski definition) is 2. The summed E-state index contributed by atoms with van der Waals surface area (Å²) < 4.78 is 6.01. The number of anilines is 1. The van der Waals surface area contributed by atoms with Crippen molar-refractivity contribution in [2.75, 3.05) is 11.9 Å². The molecule has 5 heteroatoms. The number of nitrogens with one attached hydrogen (secondary N) is 1. The molecule has 0 heterocycles. The second-order valence-corrected chi connectivity index (χ2v) is 5.86. The molecule has 1 aromatic rings. The molecule has 100 valence electrons. The first-order chi connectivity index (χ1) is 8.30. The summed E-state index contributed by atoms with van der Waals surface area (Å²) in [6, 6.07) is 5.49. The third-order valence-corrected chi connectivity index (χ3v) is 2.46. The van der Waals surface area contributed by atoms with Crippen molar-refractivity contribution in [2.45, 2.75) is 32.8 Å². The molecule has 0 aliphatic heterocycles. The highest BCUT2D eigenvalue weighted by Gasteiger charge is 2.16. The smallest absolute Gasteiger partial charge is 0.412 e. The van der Waals surface area contributed by atoms with Crippen molar-refractivity contribution in [3.8, 4) is 0 Å². The average molecular weight is 316 g/mol. The number of rotatable bonds is 3. The van der Waals surface area contributed by atoms with E-state index in [0.717, 1.165) is 10.0 Å². The highest BCUT2D eigenvalue weighted by molar-refractivity contribution is 9.10. The Kier molecular flexibility index (Phi) is 5.16. The van der Waals surface area contributed by atoms with E-state index < -0.39 is 11.7 Å². The number of benzene rings is 1. The number of halogens is 1. The summed E-state index contributed by atoms with van der Waals surface area (Å²) >= 11 is 3.36. The van der Waals surface area contributed by atoms with Gasteiger partial charge in [0.05, 0.1) is 0 Å². The maximum Gasteiger partial charge on any atom is 0.412 e. The molecule has 0 saturated heterocycles. The molecule has 0 fully saturated rings. The number of aliphatic hydroxyl groups excluding tert-OH is 1. The molecule has 4 nitrogen and oxygen atoms in total. The molecule has 0 aromatic heterocycles. The van der Waals surface area contributed by atoms with Gasteiger partial charge in [0.1, 0.15) is 5.60 Å². The lowest BCUT2D eigenvalue weighted by Gasteiger charge is -2.19. The average Bonchev–Trinajstić information content (AvgIpc) is 2.12. The first-order valence-electron chi connectivity index (χ1n) is 5.70. The van der Waals surface area contributed by atoms with Crippen LogP contribution < -0.4 is 5.32 Å². The van der Waals surface area contributed by atoms with Crippen LogP contribution in [0, 0.1) is 0 Å². The molecule has 0 bridgehead atoms. The van der Waals surface area contributed by atoms with Crippen molar-refractivity contribution in [1.29, 1.82) is 0 Å². The van der Waals surface area contributed by atoms with Crippen LogP contribution >= 0.6 is 15.9 Å². The minimum Gasteiger partial charge on any atom is -0.444 e. The van der Waals surface area contributed by atoms with E-state index in [1.165, 1.54) is 0 Å². The van der Waals surface area contributed by atoms with E-state index in [4.69, 9.17) is 9.84 Å². The van der Waals surface area contributed by atoms with Gasteiger partial charge in [-0.2, -0.15) is 0 Å². The lowest BCUT2D eigenvalue weighted by molar-refractivity contribution is 0.0636. The van der Waals surface area contributed by atoms with E-state index in [2.05, 4.69) is 21.2 Å². The van der Waals surface area contributed by atoms with Gasteiger partial charge in [-0.1, -0.05) is 15.9 Å². The Hall–Kier alpha value is -1.07. The zero-order valence-corrected chi connectivity index (χ0v) is 12.4. The molecule has 0 unspecified atom stereocenters. The summed E-state index contributed by atoms with van der Waals surface area (Å²) in [7, 11) is 0. The van der Waals surface area contributed by atoms with Crippen molar-refractivity contribution >= 4 is 27.7 Å². The van der Waals surface area contributed by atoms with Gasteiger partial charge in [-0.25, -0.2) is 4.79 Å². The normalized spacial score (nSPS) is 11.2. The van der Waals surface area contributed by atoms with Crippen molar-refractivity contribution in [3.05, 3.63) is 28.2 Å². The van der Waals surface area contributed by atoms with Gasteiger partial charge in [-0.3, -0.25) is 5.32 Å². The van der Waals surface area contributed by atoms with Crippen LogP contribution in [0.3, 0.4) is 0 Å². The van der Waals surface area contributed by atoms with E-state index in [1.54, 1.807) is 6.07 Å². The minimum atomic E-state index is -0.524. The van der Waals surface area contributed by atoms with Gasteiger partial charge in [-0.05, 0) is 51.0 Å². The van der Waals surface area contributed by atoms with Crippen molar-refractivity contribution in [1.82, 2.24) is 0 Å². The summed E-state index contributed by atoms with van der Waals surface area (Å²) in [4.78, 5) is 11.6. The second kappa shape index (κ2) is 6.20. The van der Waals surface area contributed by atoms with Crippen LogP contribution in [-0.4, -0.2) is 23.4 Å². The van der Waals surface area contributed by atoms with Crippen molar-refractivity contribution in [2.24, 2.45) is 0 Å². The van der Waals surface area contributed by atoms with Crippen LogP contribution in [0.25, 0.3) is 0 Å². The fraction of sp³-hybridized carbons (Fsp3) is 0.462. The molecule has 0 atom stereocenters. The number of amides is 1. The van der Waals surface area contributed by atoms with E-state index in [9.17, 15) is 4.79 Å². The number of aliphatic hydroxyl groups is 1. The Morgan fingerprint density at radius 2 is 2.06 bits per heavy atom. The summed E-state index contributed by atoms with van der Waals surface area (Å²) in [5.74, 6) is 0. The van der Waals surface area contributed by atoms with Crippen LogP contribution in [0.5, 0.6) is 0 Å². The van der Waals surface area contributed by atoms with Gasteiger partial charge in [-0.15, -0.1) is 0 Å².